The van der Waals surface area contributed by atoms with E-state index in [2.05, 4.69) is 12.2 Å². The van der Waals surface area contributed by atoms with Crippen molar-refractivity contribution in [2.75, 3.05) is 12.9 Å². The first-order valence-corrected chi connectivity index (χ1v) is 9.96. The predicted octanol–water partition coefficient (Wildman–Crippen LogP) is 3.02. The van der Waals surface area contributed by atoms with E-state index in [0.29, 0.717) is 4.90 Å². The second kappa shape index (κ2) is 9.29. The standard InChI is InChI=1S/C20H23NO4S/c1-4-15-9-11-16(12-10-15)14(2)21-19(22)13-25-20(23)17-7-5-6-8-18(17)26(3)24/h5-12,14H,4,13H2,1-3H3,(H,21,22)/t14-,26+/m1/s1. The second-order valence-corrected chi connectivity index (χ2v) is 7.26. The Kier molecular flexibility index (Phi) is 7.09. The number of benzene rings is 2. The summed E-state index contributed by atoms with van der Waals surface area (Å²) in [6, 6.07) is 14.3. The fourth-order valence-electron chi connectivity index (χ4n) is 2.50. The number of nitrogens with one attached hydrogen (secondary N) is 1. The molecule has 0 unspecified atom stereocenters. The molecule has 5 nitrogen and oxygen atoms in total. The van der Waals surface area contributed by atoms with E-state index in [4.69, 9.17) is 4.74 Å². The van der Waals surface area contributed by atoms with E-state index >= 15 is 0 Å². The Labute approximate surface area is 156 Å². The molecule has 0 heterocycles. The molecule has 138 valence electrons. The van der Waals surface area contributed by atoms with Crippen LogP contribution < -0.4 is 5.32 Å². The van der Waals surface area contributed by atoms with Gasteiger partial charge in [-0.2, -0.15) is 0 Å². The van der Waals surface area contributed by atoms with Gasteiger partial charge in [-0.15, -0.1) is 0 Å². The van der Waals surface area contributed by atoms with Crippen LogP contribution in [0.4, 0.5) is 0 Å². The van der Waals surface area contributed by atoms with Crippen LogP contribution in [0.3, 0.4) is 0 Å². The predicted molar refractivity (Wildman–Crippen MR) is 101 cm³/mol. The third-order valence-electron chi connectivity index (χ3n) is 4.02. The summed E-state index contributed by atoms with van der Waals surface area (Å²) in [5.74, 6) is -1.05. The lowest BCUT2D eigenvalue weighted by atomic mass is 10.1. The van der Waals surface area contributed by atoms with E-state index < -0.39 is 16.8 Å². The summed E-state index contributed by atoms with van der Waals surface area (Å²) in [5.41, 5.74) is 2.42. The number of aryl methyl sites for hydroxylation is 1. The highest BCUT2D eigenvalue weighted by Gasteiger charge is 2.17. The van der Waals surface area contributed by atoms with Gasteiger partial charge in [0.1, 0.15) is 0 Å². The van der Waals surface area contributed by atoms with Crippen molar-refractivity contribution in [3.63, 3.8) is 0 Å². The molecule has 1 amide bonds. The van der Waals surface area contributed by atoms with Crippen molar-refractivity contribution >= 4 is 22.7 Å². The topological polar surface area (TPSA) is 72.5 Å². The van der Waals surface area contributed by atoms with Crippen LogP contribution in [-0.4, -0.2) is 28.9 Å². The number of hydrogen-bond acceptors (Lipinski definition) is 4. The minimum absolute atomic E-state index is 0.192. The summed E-state index contributed by atoms with van der Waals surface area (Å²) in [5, 5.41) is 2.80. The Hall–Kier alpha value is -2.47. The molecule has 0 aliphatic heterocycles. The molecule has 2 atom stereocenters. The number of hydrogen-bond donors (Lipinski definition) is 1. The van der Waals surface area contributed by atoms with Crippen molar-refractivity contribution in [1.29, 1.82) is 0 Å². The number of rotatable bonds is 7. The first-order chi connectivity index (χ1) is 12.4. The van der Waals surface area contributed by atoms with Crippen LogP contribution in [0.1, 0.15) is 41.4 Å². The molecule has 26 heavy (non-hydrogen) atoms. The average Bonchev–Trinajstić information content (AvgIpc) is 2.66. The Bertz CT molecular complexity index is 802. The molecule has 0 bridgehead atoms. The van der Waals surface area contributed by atoms with Gasteiger partial charge >= 0.3 is 5.97 Å². The van der Waals surface area contributed by atoms with E-state index in [9.17, 15) is 13.8 Å². The van der Waals surface area contributed by atoms with Gasteiger partial charge in [-0.1, -0.05) is 43.3 Å². The zero-order valence-electron chi connectivity index (χ0n) is 15.2. The lowest BCUT2D eigenvalue weighted by molar-refractivity contribution is -0.124. The number of carbonyl (C=O) groups is 2. The fourth-order valence-corrected chi connectivity index (χ4v) is 3.23. The molecule has 0 aliphatic carbocycles. The minimum Gasteiger partial charge on any atom is -0.452 e. The third-order valence-corrected chi connectivity index (χ3v) is 4.99. The first kappa shape index (κ1) is 19.8. The molecule has 2 aromatic rings. The quantitative estimate of drug-likeness (QED) is 0.757. The molecule has 2 rings (SSSR count). The van der Waals surface area contributed by atoms with Crippen LogP contribution >= 0.6 is 0 Å². The average molecular weight is 373 g/mol. The maximum atomic E-state index is 12.2. The number of amides is 1. The maximum Gasteiger partial charge on any atom is 0.339 e. The van der Waals surface area contributed by atoms with Crippen molar-refractivity contribution in [3.05, 3.63) is 65.2 Å². The minimum atomic E-state index is -1.31. The van der Waals surface area contributed by atoms with Gasteiger partial charge in [-0.05, 0) is 36.6 Å². The smallest absolute Gasteiger partial charge is 0.339 e. The molecule has 0 fully saturated rings. The molecule has 2 aromatic carbocycles. The summed E-state index contributed by atoms with van der Waals surface area (Å²) < 4.78 is 16.7. The van der Waals surface area contributed by atoms with E-state index in [0.717, 1.165) is 12.0 Å². The van der Waals surface area contributed by atoms with Crippen LogP contribution in [0.2, 0.25) is 0 Å². The molecular weight excluding hydrogens is 350 g/mol. The maximum absolute atomic E-state index is 12.2. The largest absolute Gasteiger partial charge is 0.452 e. The monoisotopic (exact) mass is 373 g/mol. The van der Waals surface area contributed by atoms with Crippen LogP contribution in [0, 0.1) is 0 Å². The van der Waals surface area contributed by atoms with Gasteiger partial charge in [0.15, 0.2) is 6.61 Å². The summed E-state index contributed by atoms with van der Waals surface area (Å²) >= 11 is 0. The number of carbonyl (C=O) groups excluding carboxylic acids is 2. The molecule has 6 heteroatoms. The summed E-state index contributed by atoms with van der Waals surface area (Å²) in [7, 11) is -1.31. The van der Waals surface area contributed by atoms with Gasteiger partial charge in [0.2, 0.25) is 0 Å². The highest BCUT2D eigenvalue weighted by molar-refractivity contribution is 7.84. The summed E-state index contributed by atoms with van der Waals surface area (Å²) in [6.45, 7) is 3.57. The molecule has 0 spiro atoms. The Morgan fingerprint density at radius 3 is 2.38 bits per heavy atom. The Balaban J connectivity index is 1.92. The van der Waals surface area contributed by atoms with Crippen LogP contribution in [0.25, 0.3) is 0 Å². The van der Waals surface area contributed by atoms with Gasteiger partial charge in [-0.3, -0.25) is 9.00 Å². The second-order valence-electron chi connectivity index (χ2n) is 5.91. The van der Waals surface area contributed by atoms with Crippen molar-refractivity contribution in [2.45, 2.75) is 31.2 Å². The zero-order chi connectivity index (χ0) is 19.1. The first-order valence-electron chi connectivity index (χ1n) is 8.40. The molecule has 0 radical (unpaired) electrons. The normalized spacial score (nSPS) is 12.9. The fraction of sp³-hybridized carbons (Fsp3) is 0.300. The van der Waals surface area contributed by atoms with E-state index in [1.807, 2.05) is 31.2 Å². The molecule has 0 aromatic heterocycles. The van der Waals surface area contributed by atoms with Gasteiger partial charge in [-0.25, -0.2) is 4.79 Å². The zero-order valence-corrected chi connectivity index (χ0v) is 16.0. The lowest BCUT2D eigenvalue weighted by Crippen LogP contribution is -2.31. The van der Waals surface area contributed by atoms with E-state index in [1.54, 1.807) is 18.2 Å². The van der Waals surface area contributed by atoms with Gasteiger partial charge in [0.25, 0.3) is 5.91 Å². The third kappa shape index (κ3) is 5.26. The van der Waals surface area contributed by atoms with E-state index in [1.165, 1.54) is 17.9 Å². The Morgan fingerprint density at radius 2 is 1.77 bits per heavy atom. The number of esters is 1. The lowest BCUT2D eigenvalue weighted by Gasteiger charge is -2.15. The van der Waals surface area contributed by atoms with Crippen molar-refractivity contribution in [2.24, 2.45) is 0 Å². The molecular formula is C20H23NO4S. The summed E-state index contributed by atoms with van der Waals surface area (Å²) in [6.07, 6.45) is 2.45. The van der Waals surface area contributed by atoms with Crippen LogP contribution in [-0.2, 0) is 26.8 Å². The van der Waals surface area contributed by atoms with E-state index in [-0.39, 0.29) is 24.1 Å². The summed E-state index contributed by atoms with van der Waals surface area (Å²) in [4.78, 5) is 24.6. The Morgan fingerprint density at radius 1 is 1.12 bits per heavy atom. The SMILES string of the molecule is CCc1ccc([C@@H](C)NC(=O)COC(=O)c2ccccc2[S@](C)=O)cc1. The van der Waals surface area contributed by atoms with Gasteiger partial charge in [0.05, 0.1) is 27.3 Å². The molecule has 0 saturated heterocycles. The molecule has 1 N–H and O–H groups in total. The highest BCUT2D eigenvalue weighted by atomic mass is 32.2. The molecule has 0 saturated carbocycles. The van der Waals surface area contributed by atoms with Gasteiger partial charge < -0.3 is 10.1 Å². The van der Waals surface area contributed by atoms with Crippen LogP contribution in [0.5, 0.6) is 0 Å². The number of ether oxygens (including phenoxy) is 1. The van der Waals surface area contributed by atoms with Gasteiger partial charge in [0, 0.05) is 6.26 Å². The van der Waals surface area contributed by atoms with Crippen LogP contribution in [0.15, 0.2) is 53.4 Å². The highest BCUT2D eigenvalue weighted by Crippen LogP contribution is 2.15. The van der Waals surface area contributed by atoms with Crippen molar-refractivity contribution < 1.29 is 18.5 Å². The van der Waals surface area contributed by atoms with Crippen molar-refractivity contribution in [3.8, 4) is 0 Å². The van der Waals surface area contributed by atoms with Crippen molar-refractivity contribution in [1.82, 2.24) is 5.32 Å². The molecule has 0 aliphatic rings.